The molecule has 8 nitrogen and oxygen atoms in total. The number of rotatable bonds is 6. The molecule has 0 spiro atoms. The van der Waals surface area contributed by atoms with Crippen LogP contribution in [0.2, 0.25) is 0 Å². The van der Waals surface area contributed by atoms with Crippen molar-refractivity contribution >= 4 is 5.97 Å². The molecule has 0 amide bonds. The Morgan fingerprint density at radius 2 is 2.35 bits per heavy atom. The second-order valence-electron chi connectivity index (χ2n) is 6.39. The number of aromatic nitrogens is 5. The molecule has 1 aliphatic carbocycles. The smallest absolute Gasteiger partial charge is 0.325 e. The minimum Gasteiger partial charge on any atom is -0.480 e. The normalized spacial score (nSPS) is 22.3. The molecule has 4 rings (SSSR count). The van der Waals surface area contributed by atoms with E-state index in [0.717, 1.165) is 25.1 Å². The maximum Gasteiger partial charge on any atom is 0.325 e. The van der Waals surface area contributed by atoms with E-state index in [9.17, 15) is 9.90 Å². The highest BCUT2D eigenvalue weighted by Crippen LogP contribution is 2.49. The number of carbonyl (C=O) groups is 1. The zero-order valence-electron chi connectivity index (χ0n) is 12.8. The number of nitrogens with zero attached hydrogens (tertiary/aromatic N) is 5. The Morgan fingerprint density at radius 3 is 2.96 bits per heavy atom. The lowest BCUT2D eigenvalue weighted by atomic mass is 10.1. The lowest BCUT2D eigenvalue weighted by molar-refractivity contribution is -0.138. The molecule has 0 radical (unpaired) electrons. The van der Waals surface area contributed by atoms with Crippen molar-refractivity contribution in [2.24, 2.45) is 0 Å². The monoisotopic (exact) mass is 317 g/mol. The Morgan fingerprint density at radius 1 is 1.48 bits per heavy atom. The first-order valence-corrected chi connectivity index (χ1v) is 7.88. The molecular weight excluding hydrogens is 298 g/mol. The largest absolute Gasteiger partial charge is 0.480 e. The van der Waals surface area contributed by atoms with Crippen LogP contribution < -0.4 is 0 Å². The third-order valence-electron chi connectivity index (χ3n) is 4.62. The van der Waals surface area contributed by atoms with Crippen molar-refractivity contribution in [2.45, 2.75) is 43.7 Å². The molecule has 2 aromatic rings. The van der Waals surface area contributed by atoms with Crippen molar-refractivity contribution < 1.29 is 14.6 Å². The molecule has 1 unspecified atom stereocenters. The van der Waals surface area contributed by atoms with Crippen LogP contribution in [-0.4, -0.2) is 48.8 Å². The third kappa shape index (κ3) is 2.74. The summed E-state index contributed by atoms with van der Waals surface area (Å²) in [5.74, 6) is 0.757. The van der Waals surface area contributed by atoms with Crippen LogP contribution in [0.5, 0.6) is 0 Å². The molecule has 23 heavy (non-hydrogen) atoms. The Bertz CT molecular complexity index is 699. The van der Waals surface area contributed by atoms with Gasteiger partial charge in [0.25, 0.3) is 0 Å². The number of aliphatic carboxylic acids is 1. The van der Waals surface area contributed by atoms with Gasteiger partial charge in [-0.1, -0.05) is 0 Å². The molecule has 8 heteroatoms. The molecule has 1 atom stereocenters. The Kier molecular flexibility index (Phi) is 3.41. The molecular formula is C15H19N5O3. The second kappa shape index (κ2) is 5.45. The van der Waals surface area contributed by atoms with E-state index >= 15 is 0 Å². The Hall–Kier alpha value is -2.22. The van der Waals surface area contributed by atoms with Gasteiger partial charge in [0.05, 0.1) is 13.2 Å². The summed E-state index contributed by atoms with van der Waals surface area (Å²) >= 11 is 0. The number of carboxylic acids is 1. The van der Waals surface area contributed by atoms with Gasteiger partial charge in [-0.15, -0.1) is 0 Å². The van der Waals surface area contributed by atoms with E-state index in [0.29, 0.717) is 25.6 Å². The number of carboxylic acid groups (broad SMARTS) is 1. The van der Waals surface area contributed by atoms with E-state index in [1.165, 1.54) is 0 Å². The average molecular weight is 317 g/mol. The van der Waals surface area contributed by atoms with Gasteiger partial charge < -0.3 is 9.84 Å². The fourth-order valence-electron chi connectivity index (χ4n) is 3.21. The average Bonchev–Trinajstić information content (AvgIpc) is 2.98. The summed E-state index contributed by atoms with van der Waals surface area (Å²) in [6.07, 6.45) is 6.52. The molecule has 2 aliphatic rings. The van der Waals surface area contributed by atoms with Crippen LogP contribution in [0.1, 0.15) is 36.8 Å². The van der Waals surface area contributed by atoms with Crippen molar-refractivity contribution in [3.05, 3.63) is 30.1 Å². The van der Waals surface area contributed by atoms with Crippen LogP contribution in [0, 0.1) is 0 Å². The summed E-state index contributed by atoms with van der Waals surface area (Å²) in [5, 5.41) is 17.9. The van der Waals surface area contributed by atoms with Crippen LogP contribution in [0.4, 0.5) is 0 Å². The maximum atomic E-state index is 11.2. The van der Waals surface area contributed by atoms with Gasteiger partial charge in [0.2, 0.25) is 0 Å². The van der Waals surface area contributed by atoms with Crippen LogP contribution in [0.15, 0.2) is 18.5 Å². The Labute approximate surface area is 133 Å². The first kappa shape index (κ1) is 14.4. The number of ether oxygens (including phenoxy) is 1. The lowest BCUT2D eigenvalue weighted by Crippen LogP contribution is -2.24. The minimum absolute atomic E-state index is 0.147. The Balaban J connectivity index is 1.66. The molecule has 1 aliphatic heterocycles. The first-order valence-electron chi connectivity index (χ1n) is 7.88. The van der Waals surface area contributed by atoms with Crippen LogP contribution in [0.3, 0.4) is 0 Å². The quantitative estimate of drug-likeness (QED) is 0.846. The highest BCUT2D eigenvalue weighted by molar-refractivity contribution is 5.66. The second-order valence-corrected chi connectivity index (χ2v) is 6.39. The van der Waals surface area contributed by atoms with E-state index < -0.39 is 5.97 Å². The van der Waals surface area contributed by atoms with Crippen molar-refractivity contribution in [3.63, 3.8) is 0 Å². The molecule has 0 bridgehead atoms. The number of hydrogen-bond acceptors (Lipinski definition) is 5. The first-order chi connectivity index (χ1) is 11.2. The zero-order chi connectivity index (χ0) is 15.9. The summed E-state index contributed by atoms with van der Waals surface area (Å²) in [5.41, 5.74) is -0.147. The van der Waals surface area contributed by atoms with E-state index in [1.54, 1.807) is 10.9 Å². The zero-order valence-corrected chi connectivity index (χ0v) is 12.8. The van der Waals surface area contributed by atoms with Gasteiger partial charge in [-0.2, -0.15) is 10.2 Å². The molecule has 122 valence electrons. The molecule has 0 aromatic carbocycles. The van der Waals surface area contributed by atoms with E-state index in [4.69, 9.17) is 9.72 Å². The minimum atomic E-state index is -0.903. The molecule has 1 saturated carbocycles. The van der Waals surface area contributed by atoms with Gasteiger partial charge in [-0.3, -0.25) is 9.48 Å². The van der Waals surface area contributed by atoms with Gasteiger partial charge in [-0.25, -0.2) is 9.67 Å². The van der Waals surface area contributed by atoms with Gasteiger partial charge in [0.15, 0.2) is 5.82 Å². The topological polar surface area (TPSA) is 95.1 Å². The van der Waals surface area contributed by atoms with Crippen molar-refractivity contribution in [2.75, 3.05) is 13.2 Å². The highest BCUT2D eigenvalue weighted by atomic mass is 16.5. The van der Waals surface area contributed by atoms with Crippen LogP contribution >= 0.6 is 0 Å². The van der Waals surface area contributed by atoms with Crippen molar-refractivity contribution in [1.82, 2.24) is 24.5 Å². The molecule has 1 saturated heterocycles. The fraction of sp³-hybridized carbons (Fsp3) is 0.600. The number of hydrogen-bond donors (Lipinski definition) is 1. The predicted molar refractivity (Wildman–Crippen MR) is 79.0 cm³/mol. The summed E-state index contributed by atoms with van der Waals surface area (Å²) in [6, 6.07) is 1.89. The van der Waals surface area contributed by atoms with E-state index in [-0.39, 0.29) is 17.9 Å². The predicted octanol–water partition coefficient (Wildman–Crippen LogP) is 0.795. The highest BCUT2D eigenvalue weighted by Gasteiger charge is 2.49. The van der Waals surface area contributed by atoms with Gasteiger partial charge in [0, 0.05) is 30.3 Å². The summed E-state index contributed by atoms with van der Waals surface area (Å²) in [6.45, 7) is 1.88. The standard InChI is InChI=1S/C15H19N5O3/c21-12(22)8-20-14(17-13(18-20)11-2-7-23-9-11)15(3-4-15)10-19-6-1-5-16-19/h1,5-6,11H,2-4,7-10H2,(H,21,22). The van der Waals surface area contributed by atoms with E-state index in [2.05, 4.69) is 10.2 Å². The van der Waals surface area contributed by atoms with E-state index in [1.807, 2.05) is 16.9 Å². The molecule has 2 fully saturated rings. The molecule has 2 aromatic heterocycles. The summed E-state index contributed by atoms with van der Waals surface area (Å²) < 4.78 is 8.85. The summed E-state index contributed by atoms with van der Waals surface area (Å²) in [4.78, 5) is 15.9. The van der Waals surface area contributed by atoms with Gasteiger partial charge >= 0.3 is 5.97 Å². The van der Waals surface area contributed by atoms with Gasteiger partial charge in [-0.05, 0) is 25.3 Å². The SMILES string of the molecule is O=C(O)Cn1nc(C2CCOC2)nc1C1(Cn2cccn2)CC1. The van der Waals surface area contributed by atoms with Gasteiger partial charge in [0.1, 0.15) is 12.4 Å². The summed E-state index contributed by atoms with van der Waals surface area (Å²) in [7, 11) is 0. The molecule has 1 N–H and O–H groups in total. The van der Waals surface area contributed by atoms with Crippen molar-refractivity contribution in [3.8, 4) is 0 Å². The van der Waals surface area contributed by atoms with Crippen molar-refractivity contribution in [1.29, 1.82) is 0 Å². The lowest BCUT2D eigenvalue weighted by Gasteiger charge is -2.15. The fourth-order valence-corrected chi connectivity index (χ4v) is 3.21. The maximum absolute atomic E-state index is 11.2. The van der Waals surface area contributed by atoms with Crippen LogP contribution in [-0.2, 0) is 28.0 Å². The molecule has 3 heterocycles. The van der Waals surface area contributed by atoms with Crippen LogP contribution in [0.25, 0.3) is 0 Å². The third-order valence-corrected chi connectivity index (χ3v) is 4.62.